The molecule has 0 bridgehead atoms. The van der Waals surface area contributed by atoms with Gasteiger partial charge in [-0.3, -0.25) is 4.79 Å². The van der Waals surface area contributed by atoms with Crippen LogP contribution in [0.3, 0.4) is 0 Å². The maximum absolute atomic E-state index is 11.5. The predicted octanol–water partition coefficient (Wildman–Crippen LogP) is 2.65. The van der Waals surface area contributed by atoms with Gasteiger partial charge in [-0.15, -0.1) is 0 Å². The smallest absolute Gasteiger partial charge is 0.246 e. The molecule has 0 radical (unpaired) electrons. The van der Waals surface area contributed by atoms with Gasteiger partial charge in [-0.05, 0) is 23.3 Å². The molecule has 0 heterocycles. The number of halogens is 1. The van der Waals surface area contributed by atoms with Gasteiger partial charge < -0.3 is 10.4 Å². The van der Waals surface area contributed by atoms with E-state index in [2.05, 4.69) is 21.2 Å². The Kier molecular flexibility index (Phi) is 4.71. The van der Waals surface area contributed by atoms with Crippen LogP contribution in [0.25, 0.3) is 0 Å². The Hall–Kier alpha value is -1.65. The molecule has 1 unspecified atom stereocenters. The summed E-state index contributed by atoms with van der Waals surface area (Å²) in [7, 11) is 0. The minimum atomic E-state index is -0.514. The fourth-order valence-corrected chi connectivity index (χ4v) is 2.13. The molecule has 0 aliphatic carbocycles. The summed E-state index contributed by atoms with van der Waals surface area (Å²) in [6, 6.07) is 17.2. The lowest BCUT2D eigenvalue weighted by molar-refractivity contribution is -0.124. The molecule has 0 aliphatic heterocycles. The molecule has 4 heteroatoms. The summed E-state index contributed by atoms with van der Waals surface area (Å²) in [5.74, 6) is -0.392. The normalized spacial score (nSPS) is 11.9. The zero-order valence-electron chi connectivity index (χ0n) is 10.2. The van der Waals surface area contributed by atoms with E-state index in [-0.39, 0.29) is 6.04 Å². The fourth-order valence-electron chi connectivity index (χ4n) is 1.87. The summed E-state index contributed by atoms with van der Waals surface area (Å²) in [6.45, 7) is -0.514. The molecule has 19 heavy (non-hydrogen) atoms. The zero-order valence-corrected chi connectivity index (χ0v) is 11.8. The SMILES string of the molecule is O=C(CO)NC(c1ccccc1)c1ccc(Br)cc1. The van der Waals surface area contributed by atoms with Gasteiger partial charge in [-0.2, -0.15) is 0 Å². The quantitative estimate of drug-likeness (QED) is 0.910. The summed E-state index contributed by atoms with van der Waals surface area (Å²) in [4.78, 5) is 11.5. The molecule has 0 spiro atoms. The Morgan fingerprint density at radius 1 is 1.05 bits per heavy atom. The molecule has 2 aromatic rings. The van der Waals surface area contributed by atoms with Crippen molar-refractivity contribution < 1.29 is 9.90 Å². The van der Waals surface area contributed by atoms with Crippen molar-refractivity contribution in [2.24, 2.45) is 0 Å². The monoisotopic (exact) mass is 319 g/mol. The van der Waals surface area contributed by atoms with Crippen LogP contribution in [0.1, 0.15) is 17.2 Å². The zero-order chi connectivity index (χ0) is 13.7. The maximum Gasteiger partial charge on any atom is 0.246 e. The highest BCUT2D eigenvalue weighted by Crippen LogP contribution is 2.23. The highest BCUT2D eigenvalue weighted by Gasteiger charge is 2.15. The van der Waals surface area contributed by atoms with E-state index in [1.54, 1.807) is 0 Å². The Bertz CT molecular complexity index is 540. The second kappa shape index (κ2) is 6.50. The van der Waals surface area contributed by atoms with Crippen molar-refractivity contribution in [3.8, 4) is 0 Å². The van der Waals surface area contributed by atoms with Crippen molar-refractivity contribution in [1.29, 1.82) is 0 Å². The number of benzene rings is 2. The van der Waals surface area contributed by atoms with Gasteiger partial charge in [0.05, 0.1) is 6.04 Å². The van der Waals surface area contributed by atoms with E-state index in [0.29, 0.717) is 0 Å². The van der Waals surface area contributed by atoms with E-state index in [0.717, 1.165) is 15.6 Å². The summed E-state index contributed by atoms with van der Waals surface area (Å²) < 4.78 is 0.983. The lowest BCUT2D eigenvalue weighted by Crippen LogP contribution is -2.31. The van der Waals surface area contributed by atoms with Crippen LogP contribution in [0, 0.1) is 0 Å². The Morgan fingerprint density at radius 2 is 1.63 bits per heavy atom. The van der Waals surface area contributed by atoms with Crippen LogP contribution in [-0.2, 0) is 4.79 Å². The van der Waals surface area contributed by atoms with Crippen molar-refractivity contribution >= 4 is 21.8 Å². The van der Waals surface area contributed by atoms with E-state index < -0.39 is 12.5 Å². The first-order valence-electron chi connectivity index (χ1n) is 5.91. The number of carbonyl (C=O) groups is 1. The highest BCUT2D eigenvalue weighted by atomic mass is 79.9. The van der Waals surface area contributed by atoms with Crippen LogP contribution in [0.5, 0.6) is 0 Å². The molecule has 0 aliphatic rings. The number of hydrogen-bond donors (Lipinski definition) is 2. The third-order valence-electron chi connectivity index (χ3n) is 2.79. The van der Waals surface area contributed by atoms with Crippen LogP contribution >= 0.6 is 15.9 Å². The van der Waals surface area contributed by atoms with Gasteiger partial charge >= 0.3 is 0 Å². The van der Waals surface area contributed by atoms with Crippen LogP contribution < -0.4 is 5.32 Å². The van der Waals surface area contributed by atoms with Gasteiger partial charge in [-0.25, -0.2) is 0 Å². The highest BCUT2D eigenvalue weighted by molar-refractivity contribution is 9.10. The molecule has 2 rings (SSSR count). The second-order valence-electron chi connectivity index (χ2n) is 4.12. The minimum Gasteiger partial charge on any atom is -0.387 e. The van der Waals surface area contributed by atoms with Gasteiger partial charge in [0, 0.05) is 4.47 Å². The van der Waals surface area contributed by atoms with E-state index in [1.165, 1.54) is 0 Å². The molecule has 98 valence electrons. The number of nitrogens with one attached hydrogen (secondary N) is 1. The Balaban J connectivity index is 2.34. The summed E-state index contributed by atoms with van der Waals surface area (Å²) in [6.07, 6.45) is 0. The molecular formula is C15H14BrNO2. The molecule has 0 aromatic heterocycles. The Labute approximate surface area is 120 Å². The van der Waals surface area contributed by atoms with E-state index in [4.69, 9.17) is 5.11 Å². The van der Waals surface area contributed by atoms with Crippen molar-refractivity contribution in [2.75, 3.05) is 6.61 Å². The molecule has 0 saturated carbocycles. The number of carbonyl (C=O) groups excluding carboxylic acids is 1. The molecule has 1 amide bonds. The van der Waals surface area contributed by atoms with E-state index in [1.807, 2.05) is 54.6 Å². The standard InChI is InChI=1S/C15H14BrNO2/c16-13-8-6-12(7-9-13)15(17-14(19)10-18)11-4-2-1-3-5-11/h1-9,15,18H,10H2,(H,17,19). The Morgan fingerprint density at radius 3 is 2.21 bits per heavy atom. The van der Waals surface area contributed by atoms with Gasteiger partial charge in [0.25, 0.3) is 0 Å². The van der Waals surface area contributed by atoms with Gasteiger partial charge in [0.1, 0.15) is 6.61 Å². The van der Waals surface area contributed by atoms with Crippen molar-refractivity contribution in [3.63, 3.8) is 0 Å². The van der Waals surface area contributed by atoms with Gasteiger partial charge in [0.2, 0.25) is 5.91 Å². The van der Waals surface area contributed by atoms with Crippen molar-refractivity contribution in [1.82, 2.24) is 5.32 Å². The average molecular weight is 320 g/mol. The lowest BCUT2D eigenvalue weighted by atomic mass is 9.99. The minimum absolute atomic E-state index is 0.256. The summed E-state index contributed by atoms with van der Waals surface area (Å²) in [5, 5.41) is 11.7. The topological polar surface area (TPSA) is 49.3 Å². The molecule has 2 N–H and O–H groups in total. The molecule has 0 fully saturated rings. The van der Waals surface area contributed by atoms with Crippen molar-refractivity contribution in [2.45, 2.75) is 6.04 Å². The first-order chi connectivity index (χ1) is 9.20. The van der Waals surface area contributed by atoms with Gasteiger partial charge in [-0.1, -0.05) is 58.4 Å². The first-order valence-corrected chi connectivity index (χ1v) is 6.70. The largest absolute Gasteiger partial charge is 0.387 e. The van der Waals surface area contributed by atoms with E-state index >= 15 is 0 Å². The number of hydrogen-bond acceptors (Lipinski definition) is 2. The molecule has 3 nitrogen and oxygen atoms in total. The summed E-state index contributed by atoms with van der Waals surface area (Å²) in [5.41, 5.74) is 1.95. The fraction of sp³-hybridized carbons (Fsp3) is 0.133. The predicted molar refractivity (Wildman–Crippen MR) is 77.7 cm³/mol. The average Bonchev–Trinajstić information content (AvgIpc) is 2.46. The van der Waals surface area contributed by atoms with E-state index in [9.17, 15) is 4.79 Å². The third-order valence-corrected chi connectivity index (χ3v) is 3.31. The van der Waals surface area contributed by atoms with Crippen LogP contribution in [0.2, 0.25) is 0 Å². The number of rotatable bonds is 4. The number of aliphatic hydroxyl groups excluding tert-OH is 1. The first kappa shape index (κ1) is 13.8. The summed E-state index contributed by atoms with van der Waals surface area (Å²) >= 11 is 3.39. The van der Waals surface area contributed by atoms with Crippen LogP contribution in [0.15, 0.2) is 59.1 Å². The molecule has 0 saturated heterocycles. The van der Waals surface area contributed by atoms with Crippen molar-refractivity contribution in [3.05, 3.63) is 70.2 Å². The number of aliphatic hydroxyl groups is 1. The molecular weight excluding hydrogens is 306 g/mol. The van der Waals surface area contributed by atoms with Gasteiger partial charge in [0.15, 0.2) is 0 Å². The maximum atomic E-state index is 11.5. The van der Waals surface area contributed by atoms with Crippen LogP contribution in [-0.4, -0.2) is 17.6 Å². The lowest BCUT2D eigenvalue weighted by Gasteiger charge is -2.19. The molecule has 1 atom stereocenters. The van der Waals surface area contributed by atoms with Crippen LogP contribution in [0.4, 0.5) is 0 Å². The second-order valence-corrected chi connectivity index (χ2v) is 5.04. The number of amides is 1. The third kappa shape index (κ3) is 3.66. The molecule has 2 aromatic carbocycles.